The summed E-state index contributed by atoms with van der Waals surface area (Å²) in [6, 6.07) is 8.48. The third-order valence-electron chi connectivity index (χ3n) is 3.91. The van der Waals surface area contributed by atoms with E-state index in [1.807, 2.05) is 19.1 Å². The third-order valence-corrected chi connectivity index (χ3v) is 3.91. The summed E-state index contributed by atoms with van der Waals surface area (Å²) in [6.07, 6.45) is -3.06. The molecule has 3 atom stereocenters. The van der Waals surface area contributed by atoms with Crippen LogP contribution < -0.4 is 11.1 Å². The first kappa shape index (κ1) is 19.9. The number of pyridine rings is 1. The van der Waals surface area contributed by atoms with Crippen molar-refractivity contribution < 1.29 is 23.1 Å². The summed E-state index contributed by atoms with van der Waals surface area (Å²) >= 11 is 0. The lowest BCUT2D eigenvalue weighted by Crippen LogP contribution is -2.43. The molecule has 1 aromatic heterocycles. The highest BCUT2D eigenvalue weighted by atomic mass is 19.3. The van der Waals surface area contributed by atoms with Gasteiger partial charge in [-0.2, -0.15) is 8.78 Å². The maximum atomic E-state index is 13.0. The van der Waals surface area contributed by atoms with Crippen molar-refractivity contribution in [2.75, 3.05) is 6.67 Å². The molecule has 0 spiro atoms. The number of carbonyl (C=O) groups is 1. The van der Waals surface area contributed by atoms with E-state index in [1.165, 1.54) is 12.1 Å². The second kappa shape index (κ2) is 8.77. The average molecular weight is 367 g/mol. The summed E-state index contributed by atoms with van der Waals surface area (Å²) in [6.45, 7) is 0.649. The molecule has 0 fully saturated rings. The van der Waals surface area contributed by atoms with Gasteiger partial charge in [-0.05, 0) is 24.1 Å². The van der Waals surface area contributed by atoms with Crippen molar-refractivity contribution in [1.82, 2.24) is 10.3 Å². The Kier molecular flexibility index (Phi) is 6.70. The van der Waals surface area contributed by atoms with Crippen LogP contribution in [0.3, 0.4) is 0 Å². The molecule has 8 heteroatoms. The Morgan fingerprint density at radius 1 is 1.19 bits per heavy atom. The number of nitrogens with one attached hydrogen (secondary N) is 1. The number of aliphatic hydroxyl groups is 1. The lowest BCUT2D eigenvalue weighted by atomic mass is 9.99. The van der Waals surface area contributed by atoms with Crippen LogP contribution in [0.2, 0.25) is 0 Å². The zero-order chi connectivity index (χ0) is 19.3. The number of alkyl halides is 3. The molecule has 0 bridgehead atoms. The Balaban J connectivity index is 2.13. The minimum Gasteiger partial charge on any atom is -0.386 e. The second-order valence-electron chi connectivity index (χ2n) is 5.90. The Morgan fingerprint density at radius 2 is 1.81 bits per heavy atom. The molecule has 4 N–H and O–H groups in total. The van der Waals surface area contributed by atoms with Crippen LogP contribution in [0.5, 0.6) is 0 Å². The number of nitrogens with two attached hydrogens (primary N) is 1. The number of halogens is 3. The van der Waals surface area contributed by atoms with Crippen LogP contribution in [0.25, 0.3) is 11.1 Å². The van der Waals surface area contributed by atoms with Crippen LogP contribution in [0, 0.1) is 0 Å². The topological polar surface area (TPSA) is 88.2 Å². The quantitative estimate of drug-likeness (QED) is 0.702. The number of amides is 1. The van der Waals surface area contributed by atoms with Crippen LogP contribution in [0.4, 0.5) is 13.2 Å². The Morgan fingerprint density at radius 3 is 2.27 bits per heavy atom. The molecule has 2 aromatic rings. The van der Waals surface area contributed by atoms with E-state index in [0.717, 1.165) is 16.8 Å². The SMILES string of the molecule is CC(N)c1ccc(-c2ccc([C@@H](O)[C@H](CF)NC(=O)C(F)F)cc2)cn1. The van der Waals surface area contributed by atoms with Gasteiger partial charge in [0, 0.05) is 17.8 Å². The van der Waals surface area contributed by atoms with E-state index in [0.29, 0.717) is 5.56 Å². The molecule has 2 rings (SSSR count). The maximum absolute atomic E-state index is 13.0. The van der Waals surface area contributed by atoms with Gasteiger partial charge in [-0.3, -0.25) is 9.78 Å². The molecule has 1 aromatic carbocycles. The lowest BCUT2D eigenvalue weighted by Gasteiger charge is -2.22. The number of aliphatic hydroxyl groups excluding tert-OH is 1. The summed E-state index contributed by atoms with van der Waals surface area (Å²) in [5.41, 5.74) is 8.43. The smallest absolute Gasteiger partial charge is 0.315 e. The van der Waals surface area contributed by atoms with Crippen molar-refractivity contribution in [2.45, 2.75) is 31.5 Å². The average Bonchev–Trinajstić information content (AvgIpc) is 2.65. The highest BCUT2D eigenvalue weighted by Gasteiger charge is 2.26. The number of hydrogen-bond donors (Lipinski definition) is 3. The van der Waals surface area contributed by atoms with Gasteiger partial charge in [0.25, 0.3) is 5.91 Å². The first-order valence-electron chi connectivity index (χ1n) is 7.98. The standard InChI is InChI=1S/C18H20F3N3O2/c1-10(22)14-7-6-13(9-23-14)11-2-4-12(5-3-11)16(25)15(8-19)24-18(26)17(20)21/h2-7,9-10,15-17,25H,8,22H2,1H3,(H,24,26)/t10?,15-,16+/m0/s1. The highest BCUT2D eigenvalue weighted by Crippen LogP contribution is 2.24. The van der Waals surface area contributed by atoms with Gasteiger partial charge in [-0.25, -0.2) is 4.39 Å². The molecule has 1 amide bonds. The summed E-state index contributed by atoms with van der Waals surface area (Å²) < 4.78 is 37.6. The molecule has 0 saturated carbocycles. The molecule has 26 heavy (non-hydrogen) atoms. The number of aromatic nitrogens is 1. The zero-order valence-corrected chi connectivity index (χ0v) is 14.1. The molecular weight excluding hydrogens is 347 g/mol. The van der Waals surface area contributed by atoms with E-state index in [2.05, 4.69) is 4.98 Å². The van der Waals surface area contributed by atoms with Crippen molar-refractivity contribution in [1.29, 1.82) is 0 Å². The van der Waals surface area contributed by atoms with Crippen molar-refractivity contribution in [3.05, 3.63) is 53.9 Å². The van der Waals surface area contributed by atoms with Gasteiger partial charge in [-0.1, -0.05) is 30.3 Å². The van der Waals surface area contributed by atoms with E-state index in [-0.39, 0.29) is 6.04 Å². The van der Waals surface area contributed by atoms with Crippen LogP contribution in [0.15, 0.2) is 42.6 Å². The molecule has 0 aliphatic heterocycles. The molecule has 1 heterocycles. The van der Waals surface area contributed by atoms with Crippen molar-refractivity contribution >= 4 is 5.91 Å². The fourth-order valence-electron chi connectivity index (χ4n) is 2.40. The number of carbonyl (C=O) groups excluding carboxylic acids is 1. The number of benzene rings is 1. The molecule has 0 radical (unpaired) electrons. The van der Waals surface area contributed by atoms with Gasteiger partial charge in [0.05, 0.1) is 11.7 Å². The first-order chi connectivity index (χ1) is 12.3. The fourth-order valence-corrected chi connectivity index (χ4v) is 2.40. The monoisotopic (exact) mass is 367 g/mol. The van der Waals surface area contributed by atoms with Crippen LogP contribution in [-0.2, 0) is 4.79 Å². The maximum Gasteiger partial charge on any atom is 0.315 e. The van der Waals surface area contributed by atoms with Gasteiger partial charge in [-0.15, -0.1) is 0 Å². The predicted octanol–water partition coefficient (Wildman–Crippen LogP) is 2.52. The molecule has 0 aliphatic carbocycles. The van der Waals surface area contributed by atoms with Gasteiger partial charge < -0.3 is 16.2 Å². The van der Waals surface area contributed by atoms with Crippen LogP contribution in [0.1, 0.15) is 30.3 Å². The summed E-state index contributed by atoms with van der Waals surface area (Å²) in [5, 5.41) is 11.9. The number of hydrogen-bond acceptors (Lipinski definition) is 4. The number of nitrogens with zero attached hydrogens (tertiary/aromatic N) is 1. The van der Waals surface area contributed by atoms with Gasteiger partial charge in [0.1, 0.15) is 12.8 Å². The minimum absolute atomic E-state index is 0.178. The summed E-state index contributed by atoms with van der Waals surface area (Å²) in [7, 11) is 0. The van der Waals surface area contributed by atoms with Crippen LogP contribution >= 0.6 is 0 Å². The van der Waals surface area contributed by atoms with Gasteiger partial charge in [0.2, 0.25) is 0 Å². The van der Waals surface area contributed by atoms with Gasteiger partial charge in [0.15, 0.2) is 0 Å². The van der Waals surface area contributed by atoms with E-state index < -0.39 is 31.2 Å². The zero-order valence-electron chi connectivity index (χ0n) is 14.1. The fraction of sp³-hybridized carbons (Fsp3) is 0.333. The Labute approximate surface area is 149 Å². The second-order valence-corrected chi connectivity index (χ2v) is 5.90. The molecule has 1 unspecified atom stereocenters. The molecule has 140 valence electrons. The summed E-state index contributed by atoms with van der Waals surface area (Å²) in [5.74, 6) is -1.62. The molecule has 0 aliphatic rings. The highest BCUT2D eigenvalue weighted by molar-refractivity contribution is 5.79. The normalized spacial score (nSPS) is 14.7. The molecular formula is C18H20F3N3O2. The minimum atomic E-state index is -3.27. The van der Waals surface area contributed by atoms with Crippen molar-refractivity contribution in [3.63, 3.8) is 0 Å². The number of rotatable bonds is 7. The third kappa shape index (κ3) is 4.80. The van der Waals surface area contributed by atoms with E-state index in [9.17, 15) is 23.1 Å². The molecule has 0 saturated heterocycles. The van der Waals surface area contributed by atoms with E-state index in [1.54, 1.807) is 23.6 Å². The molecule has 5 nitrogen and oxygen atoms in total. The van der Waals surface area contributed by atoms with Crippen LogP contribution in [-0.4, -0.2) is 35.1 Å². The van der Waals surface area contributed by atoms with Crippen molar-refractivity contribution in [2.24, 2.45) is 5.73 Å². The Hall–Kier alpha value is -2.45. The predicted molar refractivity (Wildman–Crippen MR) is 91.1 cm³/mol. The van der Waals surface area contributed by atoms with E-state index in [4.69, 9.17) is 5.73 Å². The summed E-state index contributed by atoms with van der Waals surface area (Å²) in [4.78, 5) is 15.3. The van der Waals surface area contributed by atoms with Crippen molar-refractivity contribution in [3.8, 4) is 11.1 Å². The Bertz CT molecular complexity index is 721. The van der Waals surface area contributed by atoms with Gasteiger partial charge >= 0.3 is 6.43 Å². The largest absolute Gasteiger partial charge is 0.386 e. The van der Waals surface area contributed by atoms with E-state index >= 15 is 0 Å². The first-order valence-corrected chi connectivity index (χ1v) is 7.98. The lowest BCUT2D eigenvalue weighted by molar-refractivity contribution is -0.133.